The Kier molecular flexibility index (Phi) is 16.4. The van der Waals surface area contributed by atoms with Gasteiger partial charge in [-0.3, -0.25) is 0 Å². The van der Waals surface area contributed by atoms with E-state index in [4.69, 9.17) is 18.1 Å². The number of hydrogen-bond donors (Lipinski definition) is 0. The van der Waals surface area contributed by atoms with Gasteiger partial charge in [0.05, 0.1) is 0 Å². The predicted octanol–water partition coefficient (Wildman–Crippen LogP) is 17.3. The van der Waals surface area contributed by atoms with Crippen molar-refractivity contribution in [2.75, 3.05) is 0 Å². The van der Waals surface area contributed by atoms with Crippen molar-refractivity contribution in [2.45, 2.75) is 152 Å². The molecule has 0 bridgehead atoms. The summed E-state index contributed by atoms with van der Waals surface area (Å²) in [5, 5.41) is 2.62. The van der Waals surface area contributed by atoms with E-state index in [9.17, 15) is 0 Å². The van der Waals surface area contributed by atoms with E-state index in [0.717, 1.165) is 48.7 Å². The summed E-state index contributed by atoms with van der Waals surface area (Å²) >= 11 is 0. The smallest absolute Gasteiger partial charge is 0.435 e. The Balaban J connectivity index is 0.000000166. The number of hydrogen-bond acceptors (Lipinski definition) is 4. The summed E-state index contributed by atoms with van der Waals surface area (Å²) in [5.74, 6) is 6.65. The summed E-state index contributed by atoms with van der Waals surface area (Å²) in [6, 6.07) is 34.7. The van der Waals surface area contributed by atoms with Gasteiger partial charge in [0.2, 0.25) is 0 Å². The van der Waals surface area contributed by atoms with Crippen LogP contribution in [-0.4, -0.2) is 0 Å². The molecule has 6 aliphatic carbocycles. The standard InChI is InChI=1S/2C27H32O2P.Fe/c2*1-2-12-21(11-1)24-17-7-9-19-26(24)28-30(23-15-5-6-16-23)29-27-20-10-8-18-25(27)22-13-3-4-14-22;/h2*5,7-10,16-22H,1-4,6,11-15H2;/q2*-1;+2. The maximum Gasteiger partial charge on any atom is 2.00 e. The fraction of sp³-hybridized carbons (Fsp3) is 0.444. The van der Waals surface area contributed by atoms with Gasteiger partial charge < -0.3 is 30.9 Å². The first kappa shape index (κ1) is 44.5. The molecule has 0 spiro atoms. The van der Waals surface area contributed by atoms with Crippen molar-refractivity contribution < 1.29 is 35.2 Å². The number of para-hydroxylation sites is 4. The second-order valence-electron chi connectivity index (χ2n) is 17.8. The zero-order valence-electron chi connectivity index (χ0n) is 35.9. The zero-order valence-corrected chi connectivity index (χ0v) is 38.8. The first-order chi connectivity index (χ1) is 29.8. The minimum Gasteiger partial charge on any atom is -0.435 e. The molecular formula is C54H64FeO4P2. The molecule has 0 aliphatic heterocycles. The molecule has 4 fully saturated rings. The van der Waals surface area contributed by atoms with Gasteiger partial charge in [0.25, 0.3) is 0 Å². The van der Waals surface area contributed by atoms with Crippen LogP contribution in [0.2, 0.25) is 0 Å². The van der Waals surface area contributed by atoms with Crippen LogP contribution in [0.4, 0.5) is 0 Å². The molecule has 0 unspecified atom stereocenters. The van der Waals surface area contributed by atoms with E-state index in [1.54, 1.807) is 0 Å². The Bertz CT molecular complexity index is 1790. The van der Waals surface area contributed by atoms with Gasteiger partial charge >= 0.3 is 33.8 Å². The van der Waals surface area contributed by atoms with Gasteiger partial charge in [-0.25, -0.2) is 0 Å². The third-order valence-electron chi connectivity index (χ3n) is 13.8. The van der Waals surface area contributed by atoms with Crippen molar-refractivity contribution in [3.8, 4) is 23.0 Å². The van der Waals surface area contributed by atoms with Crippen LogP contribution < -0.4 is 18.1 Å². The monoisotopic (exact) mass is 894 g/mol. The van der Waals surface area contributed by atoms with Crippen LogP contribution in [0, 0.1) is 12.8 Å². The molecule has 6 aliphatic rings. The number of rotatable bonds is 14. The van der Waals surface area contributed by atoms with E-state index in [0.29, 0.717) is 23.7 Å². The van der Waals surface area contributed by atoms with Crippen molar-refractivity contribution >= 4 is 16.8 Å². The topological polar surface area (TPSA) is 36.9 Å². The van der Waals surface area contributed by atoms with E-state index in [1.165, 1.54) is 136 Å². The minimum absolute atomic E-state index is 0. The van der Waals surface area contributed by atoms with Gasteiger partial charge in [0.15, 0.2) is 0 Å². The third kappa shape index (κ3) is 11.4. The maximum absolute atomic E-state index is 6.72. The van der Waals surface area contributed by atoms with Crippen LogP contribution >= 0.6 is 16.8 Å². The predicted molar refractivity (Wildman–Crippen MR) is 250 cm³/mol. The first-order valence-electron chi connectivity index (χ1n) is 23.5. The van der Waals surface area contributed by atoms with Crippen LogP contribution in [0.15, 0.2) is 120 Å². The Morgan fingerprint density at radius 2 is 0.607 bits per heavy atom. The van der Waals surface area contributed by atoms with E-state index in [2.05, 4.69) is 122 Å². The molecule has 0 aromatic heterocycles. The SMILES string of the molecule is C1=C(P(Oc2ccccc2C2CCCC2)Oc2ccccc2C2CCCC2)C[CH-]C1.C1=C(P(Oc2ccccc2C2CCCC2)Oc2ccccc2C2CCCC2)C[CH-]C1.[Fe+2]. The third-order valence-corrected chi connectivity index (χ3v) is 16.9. The minimum atomic E-state index is -1.15. The van der Waals surface area contributed by atoms with E-state index in [-0.39, 0.29) is 17.1 Å². The largest absolute Gasteiger partial charge is 2.00 e. The second kappa shape index (κ2) is 22.5. The first-order valence-corrected chi connectivity index (χ1v) is 25.8. The molecule has 0 radical (unpaired) electrons. The Hall–Kier alpha value is -3.06. The van der Waals surface area contributed by atoms with Gasteiger partial charge in [0, 0.05) is 0 Å². The molecule has 4 aromatic carbocycles. The second-order valence-corrected chi connectivity index (χ2v) is 20.7. The number of allylic oxidation sites excluding steroid dienone is 4. The van der Waals surface area contributed by atoms with Crippen LogP contribution in [0.25, 0.3) is 0 Å². The zero-order chi connectivity index (χ0) is 40.4. The summed E-state index contributed by atoms with van der Waals surface area (Å²) < 4.78 is 26.9. The van der Waals surface area contributed by atoms with Crippen molar-refractivity contribution in [1.82, 2.24) is 0 Å². The molecular weight excluding hydrogens is 830 g/mol. The Labute approximate surface area is 380 Å². The Morgan fingerprint density at radius 1 is 0.361 bits per heavy atom. The molecule has 322 valence electrons. The van der Waals surface area contributed by atoms with Gasteiger partial charge in [-0.05, 0) is 132 Å². The summed E-state index contributed by atoms with van der Waals surface area (Å²) in [5.41, 5.74) is 5.49. The quantitative estimate of drug-likeness (QED) is 0.0718. The van der Waals surface area contributed by atoms with Crippen LogP contribution in [-0.2, 0) is 17.1 Å². The molecule has 61 heavy (non-hydrogen) atoms. The van der Waals surface area contributed by atoms with Crippen molar-refractivity contribution in [1.29, 1.82) is 0 Å². The average molecular weight is 895 g/mol. The molecule has 10 rings (SSSR count). The fourth-order valence-electron chi connectivity index (χ4n) is 10.5. The molecule has 0 N–H and O–H groups in total. The molecule has 4 saturated carbocycles. The van der Waals surface area contributed by atoms with Gasteiger partial charge in [-0.2, -0.15) is 12.8 Å². The fourth-order valence-corrected chi connectivity index (χ4v) is 13.5. The van der Waals surface area contributed by atoms with Crippen molar-refractivity contribution in [3.63, 3.8) is 0 Å². The molecule has 0 saturated heterocycles. The van der Waals surface area contributed by atoms with E-state index >= 15 is 0 Å². The summed E-state index contributed by atoms with van der Waals surface area (Å²) in [4.78, 5) is 0. The molecule has 7 heteroatoms. The van der Waals surface area contributed by atoms with Crippen molar-refractivity contribution in [3.05, 3.63) is 155 Å². The van der Waals surface area contributed by atoms with Crippen LogP contribution in [0.3, 0.4) is 0 Å². The average Bonchev–Trinajstić information content (AvgIpc) is 4.16. The van der Waals surface area contributed by atoms with Gasteiger partial charge in [-0.15, -0.1) is 25.0 Å². The molecule has 0 heterocycles. The molecule has 4 aromatic rings. The summed E-state index contributed by atoms with van der Waals surface area (Å²) in [6.45, 7) is 0. The van der Waals surface area contributed by atoms with Crippen LogP contribution in [0.5, 0.6) is 23.0 Å². The molecule has 0 amide bonds. The van der Waals surface area contributed by atoms with Gasteiger partial charge in [0.1, 0.15) is 23.0 Å². The van der Waals surface area contributed by atoms with Gasteiger partial charge in [-0.1, -0.05) is 124 Å². The molecule has 4 nitrogen and oxygen atoms in total. The maximum atomic E-state index is 6.72. The Morgan fingerprint density at radius 3 is 0.836 bits per heavy atom. The van der Waals surface area contributed by atoms with E-state index < -0.39 is 16.8 Å². The van der Waals surface area contributed by atoms with Crippen LogP contribution in [0.1, 0.15) is 174 Å². The normalized spacial score (nSPS) is 19.8. The summed E-state index contributed by atoms with van der Waals surface area (Å²) in [7, 11) is -2.29. The summed E-state index contributed by atoms with van der Waals surface area (Å²) in [6.07, 6.45) is 34.1. The van der Waals surface area contributed by atoms with E-state index in [1.807, 2.05) is 0 Å². The molecule has 0 atom stereocenters. The number of benzene rings is 4. The van der Waals surface area contributed by atoms with Crippen molar-refractivity contribution in [2.24, 2.45) is 0 Å².